The van der Waals surface area contributed by atoms with E-state index in [0.29, 0.717) is 11.6 Å². The SMILES string of the molecule is CCCCc1cc(N2CCC[C@@H](N)C2)nc(Nc2ccc(N)c([N+](=O)[O-])c2)n1. The minimum Gasteiger partial charge on any atom is -0.393 e. The Morgan fingerprint density at radius 1 is 1.36 bits per heavy atom. The van der Waals surface area contributed by atoms with Gasteiger partial charge in [0.2, 0.25) is 5.95 Å². The zero-order valence-corrected chi connectivity index (χ0v) is 16.1. The molecule has 3 rings (SSSR count). The van der Waals surface area contributed by atoms with Crippen LogP contribution in [-0.4, -0.2) is 34.0 Å². The van der Waals surface area contributed by atoms with E-state index >= 15 is 0 Å². The summed E-state index contributed by atoms with van der Waals surface area (Å²) in [6.45, 7) is 3.81. The second-order valence-corrected chi connectivity index (χ2v) is 7.15. The van der Waals surface area contributed by atoms with Crippen LogP contribution in [0, 0.1) is 10.1 Å². The molecule has 150 valence electrons. The minimum atomic E-state index is -0.500. The maximum Gasteiger partial charge on any atom is 0.294 e. The van der Waals surface area contributed by atoms with Gasteiger partial charge >= 0.3 is 0 Å². The molecule has 0 aliphatic carbocycles. The number of nitro benzene ring substituents is 1. The van der Waals surface area contributed by atoms with Gasteiger partial charge in [-0.25, -0.2) is 4.98 Å². The van der Waals surface area contributed by atoms with Gasteiger partial charge in [0.05, 0.1) is 4.92 Å². The normalized spacial score (nSPS) is 16.8. The number of unbranched alkanes of at least 4 members (excludes halogenated alkanes) is 1. The van der Waals surface area contributed by atoms with Crippen molar-refractivity contribution in [2.45, 2.75) is 45.1 Å². The highest BCUT2D eigenvalue weighted by Crippen LogP contribution is 2.27. The zero-order valence-electron chi connectivity index (χ0n) is 16.1. The highest BCUT2D eigenvalue weighted by atomic mass is 16.6. The summed E-state index contributed by atoms with van der Waals surface area (Å²) in [5, 5.41) is 14.2. The molecule has 0 spiro atoms. The van der Waals surface area contributed by atoms with Crippen LogP contribution in [0.3, 0.4) is 0 Å². The third-order valence-electron chi connectivity index (χ3n) is 4.82. The Morgan fingerprint density at radius 2 is 2.18 bits per heavy atom. The summed E-state index contributed by atoms with van der Waals surface area (Å²) in [6, 6.07) is 6.74. The smallest absolute Gasteiger partial charge is 0.294 e. The largest absolute Gasteiger partial charge is 0.393 e. The molecule has 9 heteroatoms. The van der Waals surface area contributed by atoms with Crippen LogP contribution >= 0.6 is 0 Å². The lowest BCUT2D eigenvalue weighted by molar-refractivity contribution is -0.383. The van der Waals surface area contributed by atoms with E-state index in [1.54, 1.807) is 6.07 Å². The Balaban J connectivity index is 1.89. The summed E-state index contributed by atoms with van der Waals surface area (Å²) in [7, 11) is 0. The predicted molar refractivity (Wildman–Crippen MR) is 111 cm³/mol. The molecule has 0 bridgehead atoms. The Kier molecular flexibility index (Phi) is 6.25. The predicted octanol–water partition coefficient (Wildman–Crippen LogP) is 2.98. The standard InChI is InChI=1S/C19H27N7O2/c1-2-3-6-14-11-18(25-9-4-5-13(20)12-25)24-19(22-14)23-15-7-8-16(21)17(10-15)26(27)28/h7-8,10-11,13H,2-6,9,12,20-21H2,1H3,(H,22,23,24)/t13-/m1/s1. The van der Waals surface area contributed by atoms with Crippen LogP contribution in [0.1, 0.15) is 38.3 Å². The van der Waals surface area contributed by atoms with Crippen molar-refractivity contribution in [2.24, 2.45) is 5.73 Å². The Morgan fingerprint density at radius 3 is 2.89 bits per heavy atom. The van der Waals surface area contributed by atoms with E-state index < -0.39 is 4.92 Å². The number of hydrogen-bond acceptors (Lipinski definition) is 8. The average Bonchev–Trinajstić information content (AvgIpc) is 2.67. The fraction of sp³-hybridized carbons (Fsp3) is 0.474. The van der Waals surface area contributed by atoms with Crippen LogP contribution in [0.4, 0.5) is 28.8 Å². The summed E-state index contributed by atoms with van der Waals surface area (Å²) in [5.74, 6) is 1.26. The molecule has 1 aliphatic rings. The van der Waals surface area contributed by atoms with Gasteiger partial charge in [-0.2, -0.15) is 4.98 Å². The summed E-state index contributed by atoms with van der Waals surface area (Å²) in [4.78, 5) is 22.1. The van der Waals surface area contributed by atoms with Gasteiger partial charge < -0.3 is 21.7 Å². The number of nitrogen functional groups attached to an aromatic ring is 1. The fourth-order valence-electron chi connectivity index (χ4n) is 3.31. The lowest BCUT2D eigenvalue weighted by Gasteiger charge is -2.32. The van der Waals surface area contributed by atoms with Crippen molar-refractivity contribution in [1.29, 1.82) is 0 Å². The van der Waals surface area contributed by atoms with Gasteiger partial charge in [0, 0.05) is 42.6 Å². The Hall–Kier alpha value is -2.94. The molecule has 0 amide bonds. The number of nitro groups is 1. The second-order valence-electron chi connectivity index (χ2n) is 7.15. The molecule has 2 heterocycles. The molecule has 0 unspecified atom stereocenters. The van der Waals surface area contributed by atoms with Crippen LogP contribution in [0.2, 0.25) is 0 Å². The van der Waals surface area contributed by atoms with Crippen LogP contribution < -0.4 is 21.7 Å². The summed E-state index contributed by atoms with van der Waals surface area (Å²) in [6.07, 6.45) is 5.00. The first-order chi connectivity index (χ1) is 13.5. The molecule has 28 heavy (non-hydrogen) atoms. The zero-order chi connectivity index (χ0) is 20.1. The molecule has 0 saturated carbocycles. The number of nitrogens with zero attached hydrogens (tertiary/aromatic N) is 4. The molecule has 1 aliphatic heterocycles. The van der Waals surface area contributed by atoms with Crippen molar-refractivity contribution < 1.29 is 4.92 Å². The number of nitrogens with two attached hydrogens (primary N) is 2. The molecule has 1 saturated heterocycles. The van der Waals surface area contributed by atoms with E-state index in [-0.39, 0.29) is 17.4 Å². The van der Waals surface area contributed by atoms with E-state index in [1.165, 1.54) is 12.1 Å². The van der Waals surface area contributed by atoms with Gasteiger partial charge in [-0.15, -0.1) is 0 Å². The number of rotatable bonds is 7. The van der Waals surface area contributed by atoms with E-state index in [4.69, 9.17) is 11.5 Å². The summed E-state index contributed by atoms with van der Waals surface area (Å²) < 4.78 is 0. The molecule has 5 N–H and O–H groups in total. The average molecular weight is 385 g/mol. The number of nitrogens with one attached hydrogen (secondary N) is 1. The van der Waals surface area contributed by atoms with Gasteiger partial charge in [-0.05, 0) is 37.8 Å². The van der Waals surface area contributed by atoms with Crippen molar-refractivity contribution in [3.05, 3.63) is 40.1 Å². The minimum absolute atomic E-state index is 0.121. The van der Waals surface area contributed by atoms with Gasteiger partial charge in [-0.3, -0.25) is 10.1 Å². The number of piperidine rings is 1. The molecular weight excluding hydrogens is 358 g/mol. The third-order valence-corrected chi connectivity index (χ3v) is 4.82. The first-order valence-corrected chi connectivity index (χ1v) is 9.65. The van der Waals surface area contributed by atoms with Crippen LogP contribution in [0.5, 0.6) is 0 Å². The first kappa shape index (κ1) is 19.8. The lowest BCUT2D eigenvalue weighted by Crippen LogP contribution is -2.43. The molecule has 2 aromatic rings. The molecule has 1 atom stereocenters. The molecule has 0 radical (unpaired) electrons. The van der Waals surface area contributed by atoms with Crippen molar-refractivity contribution in [2.75, 3.05) is 29.0 Å². The van der Waals surface area contributed by atoms with Crippen molar-refractivity contribution in [3.8, 4) is 0 Å². The van der Waals surface area contributed by atoms with Crippen molar-refractivity contribution in [1.82, 2.24) is 9.97 Å². The van der Waals surface area contributed by atoms with Crippen molar-refractivity contribution >= 4 is 28.8 Å². The molecule has 1 aromatic heterocycles. The second kappa shape index (κ2) is 8.83. The maximum atomic E-state index is 11.1. The van der Waals surface area contributed by atoms with Gasteiger partial charge in [0.15, 0.2) is 0 Å². The monoisotopic (exact) mass is 385 g/mol. The number of anilines is 4. The van der Waals surface area contributed by atoms with Crippen LogP contribution in [0.15, 0.2) is 24.3 Å². The Bertz CT molecular complexity index is 843. The lowest BCUT2D eigenvalue weighted by atomic mass is 10.1. The third kappa shape index (κ3) is 4.86. The van der Waals surface area contributed by atoms with Gasteiger partial charge in [-0.1, -0.05) is 13.3 Å². The fourth-order valence-corrected chi connectivity index (χ4v) is 3.31. The maximum absolute atomic E-state index is 11.1. The van der Waals surface area contributed by atoms with E-state index in [0.717, 1.165) is 56.7 Å². The number of benzene rings is 1. The topological polar surface area (TPSA) is 136 Å². The van der Waals surface area contributed by atoms with Crippen LogP contribution in [-0.2, 0) is 6.42 Å². The molecule has 9 nitrogen and oxygen atoms in total. The number of hydrogen-bond donors (Lipinski definition) is 3. The van der Waals surface area contributed by atoms with Gasteiger partial charge in [0.25, 0.3) is 5.69 Å². The molecule has 1 aromatic carbocycles. The van der Waals surface area contributed by atoms with E-state index in [1.807, 2.05) is 6.07 Å². The quantitative estimate of drug-likeness (QED) is 0.376. The van der Waals surface area contributed by atoms with E-state index in [9.17, 15) is 10.1 Å². The van der Waals surface area contributed by atoms with Crippen molar-refractivity contribution in [3.63, 3.8) is 0 Å². The first-order valence-electron chi connectivity index (χ1n) is 9.65. The van der Waals surface area contributed by atoms with Crippen LogP contribution in [0.25, 0.3) is 0 Å². The molecular formula is C19H27N7O2. The highest BCUT2D eigenvalue weighted by Gasteiger charge is 2.20. The highest BCUT2D eigenvalue weighted by molar-refractivity contribution is 5.68. The Labute approximate surface area is 164 Å². The number of aromatic nitrogens is 2. The summed E-state index contributed by atoms with van der Waals surface area (Å²) in [5.41, 5.74) is 13.2. The molecule has 1 fully saturated rings. The van der Waals surface area contributed by atoms with E-state index in [2.05, 4.69) is 27.1 Å². The number of aryl methyl sites for hydroxylation is 1. The summed E-state index contributed by atoms with van der Waals surface area (Å²) >= 11 is 0. The van der Waals surface area contributed by atoms with Gasteiger partial charge in [0.1, 0.15) is 11.5 Å².